The summed E-state index contributed by atoms with van der Waals surface area (Å²) in [5.74, 6) is 0.936. The summed E-state index contributed by atoms with van der Waals surface area (Å²) in [7, 11) is 0. The van der Waals surface area contributed by atoms with Gasteiger partial charge in [-0.15, -0.1) is 0 Å². The first-order valence-electron chi connectivity index (χ1n) is 7.21. The van der Waals surface area contributed by atoms with Gasteiger partial charge in [0.2, 0.25) is 5.91 Å². The van der Waals surface area contributed by atoms with E-state index in [2.05, 4.69) is 31.4 Å². The summed E-state index contributed by atoms with van der Waals surface area (Å²) < 4.78 is 0. The predicted molar refractivity (Wildman–Crippen MR) is 71.9 cm³/mol. The highest BCUT2D eigenvalue weighted by Crippen LogP contribution is 2.14. The molecule has 100 valence electrons. The molecular formula is C14H28N2O. The van der Waals surface area contributed by atoms with Gasteiger partial charge in [-0.2, -0.15) is 0 Å². The van der Waals surface area contributed by atoms with Gasteiger partial charge in [-0.25, -0.2) is 0 Å². The molecule has 1 rings (SSSR count). The first kappa shape index (κ1) is 14.5. The van der Waals surface area contributed by atoms with Crippen molar-refractivity contribution in [2.75, 3.05) is 6.54 Å². The van der Waals surface area contributed by atoms with Gasteiger partial charge in [0.05, 0.1) is 6.04 Å². The second-order valence-electron chi connectivity index (χ2n) is 5.36. The van der Waals surface area contributed by atoms with E-state index < -0.39 is 0 Å². The zero-order chi connectivity index (χ0) is 12.7. The molecule has 1 heterocycles. The van der Waals surface area contributed by atoms with Gasteiger partial charge in [0, 0.05) is 12.6 Å². The van der Waals surface area contributed by atoms with Gasteiger partial charge >= 0.3 is 0 Å². The Balaban J connectivity index is 2.44. The van der Waals surface area contributed by atoms with E-state index in [1.165, 1.54) is 12.8 Å². The van der Waals surface area contributed by atoms with Crippen LogP contribution < -0.4 is 10.6 Å². The Bertz CT molecular complexity index is 230. The Morgan fingerprint density at radius 1 is 1.35 bits per heavy atom. The van der Waals surface area contributed by atoms with Crippen LogP contribution in [0.3, 0.4) is 0 Å². The zero-order valence-corrected chi connectivity index (χ0v) is 11.6. The summed E-state index contributed by atoms with van der Waals surface area (Å²) >= 11 is 0. The highest BCUT2D eigenvalue weighted by Gasteiger charge is 2.23. The SMILES string of the molecule is CCC(C)CC(CC)NC1CCCCNC1=O. The van der Waals surface area contributed by atoms with E-state index in [0.29, 0.717) is 6.04 Å². The van der Waals surface area contributed by atoms with Crippen LogP contribution in [0.15, 0.2) is 0 Å². The lowest BCUT2D eigenvalue weighted by atomic mass is 9.96. The van der Waals surface area contributed by atoms with Crippen LogP contribution in [0.1, 0.15) is 59.3 Å². The van der Waals surface area contributed by atoms with Crippen molar-refractivity contribution in [1.29, 1.82) is 0 Å². The van der Waals surface area contributed by atoms with Crippen molar-refractivity contribution in [3.8, 4) is 0 Å². The van der Waals surface area contributed by atoms with Crippen LogP contribution in [-0.2, 0) is 4.79 Å². The van der Waals surface area contributed by atoms with Gasteiger partial charge in [0.25, 0.3) is 0 Å². The summed E-state index contributed by atoms with van der Waals surface area (Å²) in [6.07, 6.45) is 6.75. The fraction of sp³-hybridized carbons (Fsp3) is 0.929. The van der Waals surface area contributed by atoms with Gasteiger partial charge in [-0.05, 0) is 38.0 Å². The minimum Gasteiger partial charge on any atom is -0.355 e. The first-order chi connectivity index (χ1) is 8.17. The van der Waals surface area contributed by atoms with Crippen molar-refractivity contribution < 1.29 is 4.79 Å². The molecule has 0 aromatic rings. The predicted octanol–water partition coefficient (Wildman–Crippen LogP) is 2.46. The zero-order valence-electron chi connectivity index (χ0n) is 11.6. The van der Waals surface area contributed by atoms with E-state index in [4.69, 9.17) is 0 Å². The molecule has 17 heavy (non-hydrogen) atoms. The summed E-state index contributed by atoms with van der Waals surface area (Å²) in [5, 5.41) is 6.54. The van der Waals surface area contributed by atoms with Gasteiger partial charge in [-0.1, -0.05) is 27.2 Å². The summed E-state index contributed by atoms with van der Waals surface area (Å²) in [4.78, 5) is 11.8. The Morgan fingerprint density at radius 2 is 2.12 bits per heavy atom. The maximum Gasteiger partial charge on any atom is 0.237 e. The lowest BCUT2D eigenvalue weighted by Crippen LogP contribution is -2.47. The smallest absolute Gasteiger partial charge is 0.237 e. The summed E-state index contributed by atoms with van der Waals surface area (Å²) in [5.41, 5.74) is 0. The number of carbonyl (C=O) groups is 1. The molecule has 0 aromatic carbocycles. The minimum absolute atomic E-state index is 0.0338. The fourth-order valence-electron chi connectivity index (χ4n) is 2.39. The monoisotopic (exact) mass is 240 g/mol. The van der Waals surface area contributed by atoms with E-state index in [-0.39, 0.29) is 11.9 Å². The lowest BCUT2D eigenvalue weighted by molar-refractivity contribution is -0.123. The normalized spacial score (nSPS) is 24.9. The van der Waals surface area contributed by atoms with Crippen LogP contribution in [0.2, 0.25) is 0 Å². The van der Waals surface area contributed by atoms with E-state index in [9.17, 15) is 4.79 Å². The van der Waals surface area contributed by atoms with E-state index in [1.54, 1.807) is 0 Å². The number of hydrogen-bond acceptors (Lipinski definition) is 2. The Hall–Kier alpha value is -0.570. The molecule has 1 aliphatic rings. The van der Waals surface area contributed by atoms with Crippen LogP contribution in [0, 0.1) is 5.92 Å². The lowest BCUT2D eigenvalue weighted by Gasteiger charge is -2.25. The quantitative estimate of drug-likeness (QED) is 0.749. The average molecular weight is 240 g/mol. The largest absolute Gasteiger partial charge is 0.355 e. The molecule has 3 nitrogen and oxygen atoms in total. The van der Waals surface area contributed by atoms with Gasteiger partial charge in [-0.3, -0.25) is 4.79 Å². The number of hydrogen-bond donors (Lipinski definition) is 2. The van der Waals surface area contributed by atoms with Crippen LogP contribution >= 0.6 is 0 Å². The molecule has 3 unspecified atom stereocenters. The molecule has 3 atom stereocenters. The maximum atomic E-state index is 11.8. The molecule has 0 radical (unpaired) electrons. The van der Waals surface area contributed by atoms with Gasteiger partial charge in [0.1, 0.15) is 0 Å². The fourth-order valence-corrected chi connectivity index (χ4v) is 2.39. The molecule has 1 saturated heterocycles. The topological polar surface area (TPSA) is 41.1 Å². The standard InChI is InChI=1S/C14H28N2O/c1-4-11(3)10-12(5-2)16-13-8-6-7-9-15-14(13)17/h11-13,16H,4-10H2,1-3H3,(H,15,17). The number of nitrogens with one attached hydrogen (secondary N) is 2. The molecule has 2 N–H and O–H groups in total. The molecular weight excluding hydrogens is 212 g/mol. The molecule has 1 amide bonds. The highest BCUT2D eigenvalue weighted by atomic mass is 16.2. The number of amides is 1. The molecule has 0 aromatic heterocycles. The molecule has 1 aliphatic heterocycles. The third-order valence-electron chi connectivity index (χ3n) is 3.85. The first-order valence-corrected chi connectivity index (χ1v) is 7.21. The van der Waals surface area contributed by atoms with Crippen molar-refractivity contribution in [2.24, 2.45) is 5.92 Å². The van der Waals surface area contributed by atoms with Crippen molar-refractivity contribution in [3.63, 3.8) is 0 Å². The average Bonchev–Trinajstić information content (AvgIpc) is 2.53. The second-order valence-corrected chi connectivity index (χ2v) is 5.36. The molecule has 0 bridgehead atoms. The van der Waals surface area contributed by atoms with E-state index >= 15 is 0 Å². The molecule has 1 fully saturated rings. The summed E-state index contributed by atoms with van der Waals surface area (Å²) in [6.45, 7) is 7.57. The molecule has 3 heteroatoms. The van der Waals surface area contributed by atoms with Crippen molar-refractivity contribution in [2.45, 2.75) is 71.4 Å². The Kier molecular flexibility index (Phi) is 6.56. The van der Waals surface area contributed by atoms with Crippen molar-refractivity contribution >= 4 is 5.91 Å². The minimum atomic E-state index is 0.0338. The van der Waals surface area contributed by atoms with E-state index in [0.717, 1.165) is 38.1 Å². The third-order valence-corrected chi connectivity index (χ3v) is 3.85. The van der Waals surface area contributed by atoms with Gasteiger partial charge in [0.15, 0.2) is 0 Å². The third kappa shape index (κ3) is 5.07. The Labute approximate surface area is 106 Å². The highest BCUT2D eigenvalue weighted by molar-refractivity contribution is 5.81. The molecule has 0 aliphatic carbocycles. The van der Waals surface area contributed by atoms with Crippen molar-refractivity contribution in [3.05, 3.63) is 0 Å². The number of rotatable bonds is 6. The van der Waals surface area contributed by atoms with Crippen LogP contribution in [0.4, 0.5) is 0 Å². The Morgan fingerprint density at radius 3 is 2.76 bits per heavy atom. The van der Waals surface area contributed by atoms with Gasteiger partial charge < -0.3 is 10.6 Å². The van der Waals surface area contributed by atoms with Crippen LogP contribution in [0.25, 0.3) is 0 Å². The number of carbonyl (C=O) groups excluding carboxylic acids is 1. The second kappa shape index (κ2) is 7.70. The molecule has 0 spiro atoms. The maximum absolute atomic E-state index is 11.8. The van der Waals surface area contributed by atoms with Crippen LogP contribution in [0.5, 0.6) is 0 Å². The summed E-state index contributed by atoms with van der Waals surface area (Å²) in [6, 6.07) is 0.519. The molecule has 0 saturated carbocycles. The van der Waals surface area contributed by atoms with Crippen molar-refractivity contribution in [1.82, 2.24) is 10.6 Å². The van der Waals surface area contributed by atoms with E-state index in [1.807, 2.05) is 0 Å². The van der Waals surface area contributed by atoms with Crippen LogP contribution in [-0.4, -0.2) is 24.5 Å².